The topological polar surface area (TPSA) is 83.7 Å². The van der Waals surface area contributed by atoms with Gasteiger partial charge in [0.2, 0.25) is 17.7 Å². The van der Waals surface area contributed by atoms with Gasteiger partial charge in [-0.05, 0) is 12.8 Å². The summed E-state index contributed by atoms with van der Waals surface area (Å²) < 4.78 is 0. The van der Waals surface area contributed by atoms with E-state index in [1.54, 1.807) is 0 Å². The van der Waals surface area contributed by atoms with Gasteiger partial charge in [-0.15, -0.1) is 0 Å². The summed E-state index contributed by atoms with van der Waals surface area (Å²) in [6.45, 7) is 5.64. The molecule has 6 nitrogen and oxygen atoms in total. The number of nitrogens with zero attached hydrogens (tertiary/aromatic N) is 2. The lowest BCUT2D eigenvalue weighted by Gasteiger charge is -2.52. The van der Waals surface area contributed by atoms with Crippen LogP contribution < -0.4 is 5.73 Å². The fourth-order valence-corrected chi connectivity index (χ4v) is 2.96. The van der Waals surface area contributed by atoms with Crippen molar-refractivity contribution in [3.63, 3.8) is 0 Å². The number of hydrogen-bond acceptors (Lipinski definition) is 3. The monoisotopic (exact) mass is 267 g/mol. The first-order valence-electron chi connectivity index (χ1n) is 6.72. The van der Waals surface area contributed by atoms with Crippen LogP contribution in [0.1, 0.15) is 26.7 Å². The Hall–Kier alpha value is -1.59. The van der Waals surface area contributed by atoms with E-state index < -0.39 is 5.91 Å². The molecule has 0 saturated carbocycles. The molecule has 0 aromatic heterocycles. The van der Waals surface area contributed by atoms with Crippen LogP contribution in [0.3, 0.4) is 0 Å². The molecular formula is C13H21N3O3. The summed E-state index contributed by atoms with van der Waals surface area (Å²) in [7, 11) is 0. The van der Waals surface area contributed by atoms with E-state index in [4.69, 9.17) is 5.73 Å². The highest BCUT2D eigenvalue weighted by Gasteiger charge is 2.53. The number of primary amides is 1. The first-order chi connectivity index (χ1) is 8.85. The minimum Gasteiger partial charge on any atom is -0.368 e. The van der Waals surface area contributed by atoms with Gasteiger partial charge >= 0.3 is 0 Å². The minimum atomic E-state index is -0.476. The fourth-order valence-electron chi connectivity index (χ4n) is 2.96. The lowest BCUT2D eigenvalue weighted by atomic mass is 9.71. The van der Waals surface area contributed by atoms with Crippen LogP contribution in [0.25, 0.3) is 0 Å². The molecule has 2 heterocycles. The third kappa shape index (κ3) is 2.43. The predicted molar refractivity (Wildman–Crippen MR) is 68.9 cm³/mol. The first kappa shape index (κ1) is 13.8. The van der Waals surface area contributed by atoms with Crippen molar-refractivity contribution in [3.8, 4) is 0 Å². The largest absolute Gasteiger partial charge is 0.368 e. The summed E-state index contributed by atoms with van der Waals surface area (Å²) in [5, 5.41) is 0. The molecular weight excluding hydrogens is 246 g/mol. The van der Waals surface area contributed by atoms with Crippen LogP contribution in [0, 0.1) is 11.3 Å². The molecule has 2 saturated heterocycles. The Morgan fingerprint density at radius 3 is 2.32 bits per heavy atom. The van der Waals surface area contributed by atoms with Crippen molar-refractivity contribution in [3.05, 3.63) is 0 Å². The summed E-state index contributed by atoms with van der Waals surface area (Å²) in [5.74, 6) is -0.313. The van der Waals surface area contributed by atoms with Crippen LogP contribution in [0.5, 0.6) is 0 Å². The number of hydrogen-bond donors (Lipinski definition) is 1. The van der Waals surface area contributed by atoms with Crippen molar-refractivity contribution in [2.24, 2.45) is 17.1 Å². The van der Waals surface area contributed by atoms with Gasteiger partial charge in [0.1, 0.15) is 0 Å². The van der Waals surface area contributed by atoms with Crippen molar-refractivity contribution in [1.29, 1.82) is 0 Å². The molecule has 6 heteroatoms. The molecule has 0 radical (unpaired) electrons. The number of carbonyl (C=O) groups excluding carboxylic acids is 3. The number of piperidine rings is 1. The van der Waals surface area contributed by atoms with Crippen LogP contribution >= 0.6 is 0 Å². The Morgan fingerprint density at radius 1 is 1.32 bits per heavy atom. The third-order valence-corrected chi connectivity index (χ3v) is 4.11. The van der Waals surface area contributed by atoms with Crippen molar-refractivity contribution >= 4 is 17.7 Å². The minimum absolute atomic E-state index is 0.00231. The molecule has 0 aromatic rings. The lowest BCUT2D eigenvalue weighted by Crippen LogP contribution is -2.66. The SMILES string of the molecule is CC(C)C(=O)N1CCC2(CC1)CN(CC(N)=O)C2=O. The average molecular weight is 267 g/mol. The second kappa shape index (κ2) is 4.83. The van der Waals surface area contributed by atoms with Gasteiger partial charge in [-0.1, -0.05) is 13.8 Å². The fraction of sp³-hybridized carbons (Fsp3) is 0.769. The van der Waals surface area contributed by atoms with Crippen molar-refractivity contribution in [2.45, 2.75) is 26.7 Å². The summed E-state index contributed by atoms with van der Waals surface area (Å²) in [5.41, 5.74) is 4.75. The molecule has 0 atom stereocenters. The van der Waals surface area contributed by atoms with Gasteiger partial charge in [-0.25, -0.2) is 0 Å². The van der Waals surface area contributed by atoms with Crippen molar-refractivity contribution < 1.29 is 14.4 Å². The highest BCUT2D eigenvalue weighted by Crippen LogP contribution is 2.41. The number of rotatable bonds is 3. The highest BCUT2D eigenvalue weighted by atomic mass is 16.2. The molecule has 2 N–H and O–H groups in total. The number of likely N-dealkylation sites (tertiary alicyclic amines) is 2. The smallest absolute Gasteiger partial charge is 0.237 e. The Balaban J connectivity index is 1.89. The molecule has 106 valence electrons. The quantitative estimate of drug-likeness (QED) is 0.705. The highest BCUT2D eigenvalue weighted by molar-refractivity contribution is 5.92. The molecule has 2 rings (SSSR count). The molecule has 19 heavy (non-hydrogen) atoms. The average Bonchev–Trinajstić information content (AvgIpc) is 2.37. The van der Waals surface area contributed by atoms with E-state index in [-0.39, 0.29) is 29.7 Å². The van der Waals surface area contributed by atoms with Gasteiger partial charge in [0.25, 0.3) is 0 Å². The van der Waals surface area contributed by atoms with Gasteiger partial charge in [0.05, 0.1) is 12.0 Å². The third-order valence-electron chi connectivity index (χ3n) is 4.11. The Labute approximate surface area is 112 Å². The molecule has 1 spiro atoms. The Morgan fingerprint density at radius 2 is 1.89 bits per heavy atom. The molecule has 2 aliphatic rings. The number of carbonyl (C=O) groups is 3. The van der Waals surface area contributed by atoms with Crippen LogP contribution in [-0.4, -0.2) is 53.7 Å². The predicted octanol–water partition coefficient (Wildman–Crippen LogP) is -0.421. The van der Waals surface area contributed by atoms with E-state index in [2.05, 4.69) is 0 Å². The second-order valence-electron chi connectivity index (χ2n) is 5.89. The van der Waals surface area contributed by atoms with Gasteiger partial charge in [0, 0.05) is 25.6 Å². The van der Waals surface area contributed by atoms with Gasteiger partial charge in [0.15, 0.2) is 0 Å². The summed E-state index contributed by atoms with van der Waals surface area (Å²) in [4.78, 5) is 38.1. The zero-order valence-electron chi connectivity index (χ0n) is 11.5. The molecule has 0 aromatic carbocycles. The van der Waals surface area contributed by atoms with E-state index >= 15 is 0 Å². The number of amides is 3. The second-order valence-corrected chi connectivity index (χ2v) is 5.89. The van der Waals surface area contributed by atoms with Crippen molar-refractivity contribution in [1.82, 2.24) is 9.80 Å². The summed E-state index contributed by atoms with van der Waals surface area (Å²) in [6, 6.07) is 0. The van der Waals surface area contributed by atoms with Gasteiger partial charge in [-0.3, -0.25) is 14.4 Å². The molecule has 0 aliphatic carbocycles. The van der Waals surface area contributed by atoms with Gasteiger partial charge in [-0.2, -0.15) is 0 Å². The normalized spacial score (nSPS) is 21.7. The van der Waals surface area contributed by atoms with E-state index in [0.29, 0.717) is 32.5 Å². The maximum Gasteiger partial charge on any atom is 0.237 e. The zero-order chi connectivity index (χ0) is 14.2. The Kier molecular flexibility index (Phi) is 3.52. The van der Waals surface area contributed by atoms with Crippen LogP contribution in [-0.2, 0) is 14.4 Å². The van der Waals surface area contributed by atoms with Crippen LogP contribution in [0.2, 0.25) is 0 Å². The van der Waals surface area contributed by atoms with E-state index in [9.17, 15) is 14.4 Å². The molecule has 2 fully saturated rings. The summed E-state index contributed by atoms with van der Waals surface area (Å²) in [6.07, 6.45) is 1.39. The number of β-lactam (4-membered cyclic amide) rings is 1. The van der Waals surface area contributed by atoms with E-state index in [0.717, 1.165) is 0 Å². The molecule has 0 unspecified atom stereocenters. The maximum absolute atomic E-state index is 12.1. The van der Waals surface area contributed by atoms with Crippen molar-refractivity contribution in [2.75, 3.05) is 26.2 Å². The van der Waals surface area contributed by atoms with E-state index in [1.165, 1.54) is 4.90 Å². The molecule has 3 amide bonds. The number of nitrogens with two attached hydrogens (primary N) is 1. The van der Waals surface area contributed by atoms with Gasteiger partial charge < -0.3 is 15.5 Å². The molecule has 2 aliphatic heterocycles. The maximum atomic E-state index is 12.1. The standard InChI is InChI=1S/C13H21N3O3/c1-9(2)11(18)15-5-3-13(4-6-15)8-16(12(13)19)7-10(14)17/h9H,3-8H2,1-2H3,(H2,14,17). The zero-order valence-corrected chi connectivity index (χ0v) is 11.5. The lowest BCUT2D eigenvalue weighted by molar-refractivity contribution is -0.168. The van der Waals surface area contributed by atoms with E-state index in [1.807, 2.05) is 18.7 Å². The Bertz CT molecular complexity index is 411. The summed E-state index contributed by atoms with van der Waals surface area (Å²) >= 11 is 0. The first-order valence-corrected chi connectivity index (χ1v) is 6.72. The molecule has 0 bridgehead atoms. The van der Waals surface area contributed by atoms with Crippen LogP contribution in [0.15, 0.2) is 0 Å². The van der Waals surface area contributed by atoms with Crippen LogP contribution in [0.4, 0.5) is 0 Å².